The summed E-state index contributed by atoms with van der Waals surface area (Å²) in [5.74, 6) is 0.919. The summed E-state index contributed by atoms with van der Waals surface area (Å²) in [4.78, 5) is 6.36. The monoisotopic (exact) mass is 502 g/mol. The number of nitrogens with one attached hydrogen (secondary N) is 1. The molecule has 184 valence electrons. The molecule has 1 N–H and O–H groups in total. The second-order valence-electron chi connectivity index (χ2n) is 9.32. The number of sulfone groups is 1. The number of nitrogens with zero attached hydrogens (tertiary/aromatic N) is 3. The fourth-order valence-electron chi connectivity index (χ4n) is 3.74. The van der Waals surface area contributed by atoms with Gasteiger partial charge in [-0.1, -0.05) is 43.7 Å². The van der Waals surface area contributed by atoms with Crippen LogP contribution in [0.25, 0.3) is 0 Å². The number of benzene rings is 1. The molecule has 0 radical (unpaired) electrons. The van der Waals surface area contributed by atoms with Crippen LogP contribution < -0.4 is 5.32 Å². The molecule has 0 aliphatic heterocycles. The first-order chi connectivity index (χ1) is 16.0. The van der Waals surface area contributed by atoms with E-state index >= 15 is 0 Å². The molecule has 0 unspecified atom stereocenters. The Balaban J connectivity index is 1.94. The van der Waals surface area contributed by atoms with Gasteiger partial charge in [0, 0.05) is 12.6 Å². The third-order valence-corrected chi connectivity index (χ3v) is 7.12. The molecule has 0 aliphatic rings. The number of hydrogen-bond donors (Lipinski definition) is 1. The van der Waals surface area contributed by atoms with E-state index in [2.05, 4.69) is 24.1 Å². The summed E-state index contributed by atoms with van der Waals surface area (Å²) in [6.07, 6.45) is 3.28. The maximum absolute atomic E-state index is 13.4. The van der Waals surface area contributed by atoms with Crippen LogP contribution in [-0.2, 0) is 35.2 Å². The van der Waals surface area contributed by atoms with E-state index in [1.54, 1.807) is 12.5 Å². The standard InChI is InChI=1S/C25H34N4O3S2/c1-18(2)14-29-22(15-28(24(33)27-19(3)4)16-23-10-7-11-32-23)13-26-25(29)34(30,31)17-21-9-6-8-20(5)12-21/h6-13,18-19H,14-17H2,1-5H3,(H,27,33). The molecule has 0 saturated heterocycles. The first kappa shape index (κ1) is 26.0. The van der Waals surface area contributed by atoms with Gasteiger partial charge in [0.1, 0.15) is 5.76 Å². The number of furan rings is 1. The van der Waals surface area contributed by atoms with Gasteiger partial charge in [0.05, 0.1) is 37.0 Å². The van der Waals surface area contributed by atoms with Crippen LogP contribution in [0.15, 0.2) is 58.4 Å². The molecule has 34 heavy (non-hydrogen) atoms. The van der Waals surface area contributed by atoms with Crippen LogP contribution in [0.5, 0.6) is 0 Å². The quantitative estimate of drug-likeness (QED) is 0.403. The van der Waals surface area contributed by atoms with Crippen molar-refractivity contribution in [2.45, 2.75) is 71.2 Å². The van der Waals surface area contributed by atoms with E-state index in [4.69, 9.17) is 16.6 Å². The van der Waals surface area contributed by atoms with Gasteiger partial charge < -0.3 is 19.2 Å². The first-order valence-electron chi connectivity index (χ1n) is 11.5. The molecular formula is C25H34N4O3S2. The summed E-state index contributed by atoms with van der Waals surface area (Å²) in [6.45, 7) is 11.5. The van der Waals surface area contributed by atoms with Crippen LogP contribution in [0.2, 0.25) is 0 Å². The SMILES string of the molecule is Cc1cccc(CS(=O)(=O)c2ncc(CN(Cc3ccco3)C(=S)NC(C)C)n2CC(C)C)c1. The number of thiocarbonyl (C=S) groups is 1. The van der Waals surface area contributed by atoms with Crippen molar-refractivity contribution in [3.63, 3.8) is 0 Å². The Morgan fingerprint density at radius 1 is 1.18 bits per heavy atom. The Labute approximate surface area is 208 Å². The fraction of sp³-hybridized carbons (Fsp3) is 0.440. The minimum absolute atomic E-state index is 0.0906. The highest BCUT2D eigenvalue weighted by Gasteiger charge is 2.26. The van der Waals surface area contributed by atoms with Gasteiger partial charge >= 0.3 is 0 Å². The van der Waals surface area contributed by atoms with Gasteiger partial charge in [0.15, 0.2) is 5.11 Å². The topological polar surface area (TPSA) is 80.4 Å². The molecule has 0 atom stereocenters. The molecule has 0 fully saturated rings. The normalized spacial score (nSPS) is 11.9. The van der Waals surface area contributed by atoms with Crippen molar-refractivity contribution in [3.05, 3.63) is 71.4 Å². The van der Waals surface area contributed by atoms with Crippen molar-refractivity contribution in [2.24, 2.45) is 5.92 Å². The van der Waals surface area contributed by atoms with Gasteiger partial charge in [0.25, 0.3) is 0 Å². The molecule has 7 nitrogen and oxygen atoms in total. The number of rotatable bonds is 10. The molecule has 0 bridgehead atoms. The van der Waals surface area contributed by atoms with E-state index in [9.17, 15) is 8.42 Å². The summed E-state index contributed by atoms with van der Waals surface area (Å²) < 4.78 is 34.2. The van der Waals surface area contributed by atoms with Crippen molar-refractivity contribution in [1.29, 1.82) is 0 Å². The molecule has 0 spiro atoms. The van der Waals surface area contributed by atoms with Gasteiger partial charge in [-0.3, -0.25) is 0 Å². The highest BCUT2D eigenvalue weighted by Crippen LogP contribution is 2.21. The molecule has 0 aliphatic carbocycles. The Bertz CT molecular complexity index is 1200. The van der Waals surface area contributed by atoms with E-state index in [1.807, 2.05) is 66.6 Å². The molecule has 2 heterocycles. The molecule has 3 aromatic rings. The Hall–Kier alpha value is -2.65. The average molecular weight is 503 g/mol. The number of hydrogen-bond acceptors (Lipinski definition) is 5. The van der Waals surface area contributed by atoms with Crippen LogP contribution in [0.1, 0.15) is 50.3 Å². The summed E-state index contributed by atoms with van der Waals surface area (Å²) in [5.41, 5.74) is 2.57. The van der Waals surface area contributed by atoms with Gasteiger partial charge in [-0.15, -0.1) is 0 Å². The highest BCUT2D eigenvalue weighted by molar-refractivity contribution is 7.90. The molecule has 0 saturated carbocycles. The second kappa shape index (κ2) is 11.2. The summed E-state index contributed by atoms with van der Waals surface area (Å²) in [5, 5.41) is 3.95. The molecule has 0 amide bonds. The van der Waals surface area contributed by atoms with E-state index in [1.165, 1.54) is 0 Å². The Kier molecular flexibility index (Phi) is 8.54. The number of imidazole rings is 1. The van der Waals surface area contributed by atoms with Crippen LogP contribution in [0.3, 0.4) is 0 Å². The molecule has 9 heteroatoms. The lowest BCUT2D eigenvalue weighted by Gasteiger charge is -2.27. The van der Waals surface area contributed by atoms with E-state index in [0.717, 1.165) is 22.6 Å². The van der Waals surface area contributed by atoms with E-state index in [0.29, 0.717) is 24.7 Å². The molecule has 1 aromatic carbocycles. The van der Waals surface area contributed by atoms with E-state index < -0.39 is 9.84 Å². The first-order valence-corrected chi connectivity index (χ1v) is 13.5. The van der Waals surface area contributed by atoms with Crippen LogP contribution in [0, 0.1) is 12.8 Å². The smallest absolute Gasteiger partial charge is 0.228 e. The highest BCUT2D eigenvalue weighted by atomic mass is 32.2. The van der Waals surface area contributed by atoms with Crippen LogP contribution in [0.4, 0.5) is 0 Å². The van der Waals surface area contributed by atoms with Gasteiger partial charge in [-0.25, -0.2) is 13.4 Å². The third kappa shape index (κ3) is 6.93. The zero-order chi connectivity index (χ0) is 24.9. The van der Waals surface area contributed by atoms with Gasteiger partial charge in [-0.2, -0.15) is 0 Å². The van der Waals surface area contributed by atoms with Crippen molar-refractivity contribution >= 4 is 27.2 Å². The van der Waals surface area contributed by atoms with Crippen molar-refractivity contribution in [2.75, 3.05) is 0 Å². The largest absolute Gasteiger partial charge is 0.467 e. The molecule has 3 rings (SSSR count). The summed E-state index contributed by atoms with van der Waals surface area (Å²) in [6, 6.07) is 11.5. The average Bonchev–Trinajstić information content (AvgIpc) is 3.37. The maximum Gasteiger partial charge on any atom is 0.228 e. The second-order valence-corrected chi connectivity index (χ2v) is 11.6. The van der Waals surface area contributed by atoms with Crippen LogP contribution in [-0.4, -0.2) is 34.0 Å². The van der Waals surface area contributed by atoms with Crippen molar-refractivity contribution < 1.29 is 12.8 Å². The minimum Gasteiger partial charge on any atom is -0.467 e. The minimum atomic E-state index is -3.64. The molecular weight excluding hydrogens is 468 g/mol. The summed E-state index contributed by atoms with van der Waals surface area (Å²) in [7, 11) is -3.64. The Morgan fingerprint density at radius 2 is 1.94 bits per heavy atom. The fourth-order valence-corrected chi connectivity index (χ4v) is 5.59. The zero-order valence-electron chi connectivity index (χ0n) is 20.5. The van der Waals surface area contributed by atoms with Crippen LogP contribution >= 0.6 is 12.2 Å². The lowest BCUT2D eigenvalue weighted by Crippen LogP contribution is -2.42. The van der Waals surface area contributed by atoms with Crippen molar-refractivity contribution in [1.82, 2.24) is 19.8 Å². The van der Waals surface area contributed by atoms with E-state index in [-0.39, 0.29) is 22.9 Å². The predicted octanol–water partition coefficient (Wildman–Crippen LogP) is 4.70. The van der Waals surface area contributed by atoms with Gasteiger partial charge in [-0.05, 0) is 56.6 Å². The number of aryl methyl sites for hydroxylation is 1. The lowest BCUT2D eigenvalue weighted by molar-refractivity contribution is 0.335. The van der Waals surface area contributed by atoms with Crippen molar-refractivity contribution in [3.8, 4) is 0 Å². The Morgan fingerprint density at radius 3 is 2.56 bits per heavy atom. The number of aromatic nitrogens is 2. The maximum atomic E-state index is 13.4. The van der Waals surface area contributed by atoms with Gasteiger partial charge in [0.2, 0.25) is 15.0 Å². The summed E-state index contributed by atoms with van der Waals surface area (Å²) >= 11 is 5.66. The zero-order valence-corrected chi connectivity index (χ0v) is 22.1. The molecule has 2 aromatic heterocycles. The predicted molar refractivity (Wildman–Crippen MR) is 138 cm³/mol. The lowest BCUT2D eigenvalue weighted by atomic mass is 10.2. The third-order valence-electron chi connectivity index (χ3n) is 5.15.